The van der Waals surface area contributed by atoms with Crippen LogP contribution in [0.2, 0.25) is 0 Å². The molecule has 0 saturated heterocycles. The van der Waals surface area contributed by atoms with Gasteiger partial charge in [0.15, 0.2) is 0 Å². The quantitative estimate of drug-likeness (QED) is 0.655. The molecule has 3 aromatic rings. The van der Waals surface area contributed by atoms with E-state index < -0.39 is 0 Å². The molecule has 2 N–H and O–H groups in total. The molecule has 0 aliphatic heterocycles. The van der Waals surface area contributed by atoms with Gasteiger partial charge in [0.2, 0.25) is 11.8 Å². The minimum absolute atomic E-state index is 0.110. The Balaban J connectivity index is 1.47. The highest BCUT2D eigenvalue weighted by molar-refractivity contribution is 7.18. The topological polar surface area (TPSA) is 71.1 Å². The minimum Gasteiger partial charge on any atom is -0.352 e. The molecule has 1 heterocycles. The van der Waals surface area contributed by atoms with E-state index in [-0.39, 0.29) is 11.8 Å². The summed E-state index contributed by atoms with van der Waals surface area (Å²) in [6.45, 7) is 2.01. The number of fused-ring (bicyclic) bond motifs is 1. The molecular weight excluding hydrogens is 346 g/mol. The lowest BCUT2D eigenvalue weighted by Gasteiger charge is -2.02. The zero-order valence-corrected chi connectivity index (χ0v) is 15.2. The summed E-state index contributed by atoms with van der Waals surface area (Å²) in [5.74, 6) is -0.252. The van der Waals surface area contributed by atoms with Crippen LogP contribution in [0.1, 0.15) is 17.5 Å². The van der Waals surface area contributed by atoms with Crippen molar-refractivity contribution >= 4 is 45.1 Å². The number of para-hydroxylation sites is 1. The monoisotopic (exact) mass is 365 g/mol. The Kier molecular flexibility index (Phi) is 5.76. The minimum atomic E-state index is -0.142. The molecule has 2 aromatic carbocycles. The third-order valence-electron chi connectivity index (χ3n) is 3.63. The molecule has 5 nitrogen and oxygen atoms in total. The second kappa shape index (κ2) is 8.40. The number of carbonyl (C=O) groups is 2. The zero-order valence-electron chi connectivity index (χ0n) is 14.4. The van der Waals surface area contributed by atoms with Crippen LogP contribution in [-0.4, -0.2) is 23.3 Å². The van der Waals surface area contributed by atoms with Crippen LogP contribution in [0.5, 0.6) is 0 Å². The summed E-state index contributed by atoms with van der Waals surface area (Å²) in [4.78, 5) is 27.5. The summed E-state index contributed by atoms with van der Waals surface area (Å²) < 4.78 is 1.16. The van der Waals surface area contributed by atoms with Crippen LogP contribution in [0.25, 0.3) is 16.3 Å². The smallest absolute Gasteiger partial charge is 0.244 e. The van der Waals surface area contributed by atoms with Crippen molar-refractivity contribution in [3.8, 4) is 0 Å². The average molecular weight is 365 g/mol. The predicted molar refractivity (Wildman–Crippen MR) is 106 cm³/mol. The first-order valence-electron chi connectivity index (χ1n) is 8.28. The Bertz CT molecular complexity index is 912. The molecule has 132 valence electrons. The van der Waals surface area contributed by atoms with Crippen LogP contribution in [0, 0.1) is 0 Å². The molecule has 0 radical (unpaired) electrons. The normalized spacial score (nSPS) is 11.0. The standard InChI is InChI=1S/C20H19N3O2S/c1-14(24)22-16-9-6-15(7-10-16)8-11-19(25)21-13-12-20-23-17-4-2-3-5-18(17)26-20/h2-11H,12-13H2,1H3,(H,21,25)(H,22,24)/b11-8+. The van der Waals surface area contributed by atoms with Gasteiger partial charge >= 0.3 is 0 Å². The molecule has 1 aromatic heterocycles. The summed E-state index contributed by atoms with van der Waals surface area (Å²) in [5, 5.41) is 6.59. The van der Waals surface area contributed by atoms with E-state index in [1.807, 2.05) is 30.3 Å². The van der Waals surface area contributed by atoms with Gasteiger partial charge in [-0.3, -0.25) is 9.59 Å². The molecule has 0 fully saturated rings. The van der Waals surface area contributed by atoms with Gasteiger partial charge < -0.3 is 10.6 Å². The Morgan fingerprint density at radius 1 is 1.12 bits per heavy atom. The molecule has 0 aliphatic rings. The molecular formula is C20H19N3O2S. The maximum absolute atomic E-state index is 11.9. The maximum atomic E-state index is 11.9. The molecule has 0 aliphatic carbocycles. The largest absolute Gasteiger partial charge is 0.352 e. The second-order valence-electron chi connectivity index (χ2n) is 5.75. The second-order valence-corrected chi connectivity index (χ2v) is 6.87. The number of carbonyl (C=O) groups excluding carboxylic acids is 2. The van der Waals surface area contributed by atoms with Gasteiger partial charge in [-0.25, -0.2) is 4.98 Å². The van der Waals surface area contributed by atoms with E-state index in [0.29, 0.717) is 13.0 Å². The summed E-state index contributed by atoms with van der Waals surface area (Å²) >= 11 is 1.65. The van der Waals surface area contributed by atoms with Crippen molar-refractivity contribution in [1.82, 2.24) is 10.3 Å². The highest BCUT2D eigenvalue weighted by Crippen LogP contribution is 2.21. The molecule has 0 atom stereocenters. The number of hydrogen-bond donors (Lipinski definition) is 2. The number of rotatable bonds is 6. The number of amides is 2. The Morgan fingerprint density at radius 3 is 2.62 bits per heavy atom. The van der Waals surface area contributed by atoms with Crippen molar-refractivity contribution < 1.29 is 9.59 Å². The number of nitrogens with one attached hydrogen (secondary N) is 2. The lowest BCUT2D eigenvalue weighted by Crippen LogP contribution is -2.23. The summed E-state index contributed by atoms with van der Waals surface area (Å²) in [6, 6.07) is 15.3. The summed E-state index contributed by atoms with van der Waals surface area (Å²) in [7, 11) is 0. The highest BCUT2D eigenvalue weighted by atomic mass is 32.1. The number of thiazole rings is 1. The van der Waals surface area contributed by atoms with Crippen molar-refractivity contribution in [2.24, 2.45) is 0 Å². The fraction of sp³-hybridized carbons (Fsp3) is 0.150. The average Bonchev–Trinajstić information content (AvgIpc) is 3.03. The lowest BCUT2D eigenvalue weighted by atomic mass is 10.2. The first-order chi connectivity index (χ1) is 12.6. The van der Waals surface area contributed by atoms with Gasteiger partial charge in [0.1, 0.15) is 0 Å². The van der Waals surface area contributed by atoms with Crippen LogP contribution >= 0.6 is 11.3 Å². The number of benzene rings is 2. The maximum Gasteiger partial charge on any atom is 0.244 e. The van der Waals surface area contributed by atoms with Crippen molar-refractivity contribution in [3.63, 3.8) is 0 Å². The Labute approximate surface area is 155 Å². The lowest BCUT2D eigenvalue weighted by molar-refractivity contribution is -0.116. The number of nitrogens with zero attached hydrogens (tertiary/aromatic N) is 1. The van der Waals surface area contributed by atoms with E-state index >= 15 is 0 Å². The Morgan fingerprint density at radius 2 is 1.88 bits per heavy atom. The first kappa shape index (κ1) is 17.8. The third-order valence-corrected chi connectivity index (χ3v) is 4.73. The van der Waals surface area contributed by atoms with Crippen molar-refractivity contribution in [2.45, 2.75) is 13.3 Å². The first-order valence-corrected chi connectivity index (χ1v) is 9.10. The third kappa shape index (κ3) is 5.00. The van der Waals surface area contributed by atoms with Gasteiger partial charge in [-0.15, -0.1) is 11.3 Å². The fourth-order valence-electron chi connectivity index (χ4n) is 2.43. The van der Waals surface area contributed by atoms with Gasteiger partial charge in [0.05, 0.1) is 15.2 Å². The van der Waals surface area contributed by atoms with E-state index in [0.717, 1.165) is 26.5 Å². The van der Waals surface area contributed by atoms with Gasteiger partial charge in [-0.1, -0.05) is 24.3 Å². The van der Waals surface area contributed by atoms with E-state index in [9.17, 15) is 9.59 Å². The summed E-state index contributed by atoms with van der Waals surface area (Å²) in [6.07, 6.45) is 3.96. The molecule has 0 unspecified atom stereocenters. The van der Waals surface area contributed by atoms with Crippen LogP contribution in [0.3, 0.4) is 0 Å². The zero-order chi connectivity index (χ0) is 18.4. The van der Waals surface area contributed by atoms with Crippen LogP contribution in [0.15, 0.2) is 54.6 Å². The van der Waals surface area contributed by atoms with E-state index in [4.69, 9.17) is 0 Å². The summed E-state index contributed by atoms with van der Waals surface area (Å²) in [5.41, 5.74) is 2.62. The van der Waals surface area contributed by atoms with E-state index in [2.05, 4.69) is 21.7 Å². The molecule has 6 heteroatoms. The molecule has 0 saturated carbocycles. The molecule has 26 heavy (non-hydrogen) atoms. The number of anilines is 1. The van der Waals surface area contributed by atoms with Gasteiger partial charge in [-0.05, 0) is 35.9 Å². The van der Waals surface area contributed by atoms with Gasteiger partial charge in [0, 0.05) is 31.7 Å². The Hall–Kier alpha value is -2.99. The number of aromatic nitrogens is 1. The predicted octanol–water partition coefficient (Wildman–Crippen LogP) is 3.63. The SMILES string of the molecule is CC(=O)Nc1ccc(/C=C/C(=O)NCCc2nc3ccccc3s2)cc1. The van der Waals surface area contributed by atoms with Crippen molar-refractivity contribution in [2.75, 3.05) is 11.9 Å². The van der Waals surface area contributed by atoms with Crippen LogP contribution in [-0.2, 0) is 16.0 Å². The molecule has 2 amide bonds. The van der Waals surface area contributed by atoms with Crippen LogP contribution in [0.4, 0.5) is 5.69 Å². The van der Waals surface area contributed by atoms with E-state index in [1.165, 1.54) is 13.0 Å². The van der Waals surface area contributed by atoms with E-state index in [1.54, 1.807) is 29.5 Å². The number of hydrogen-bond acceptors (Lipinski definition) is 4. The molecule has 0 spiro atoms. The highest BCUT2D eigenvalue weighted by Gasteiger charge is 2.03. The van der Waals surface area contributed by atoms with Gasteiger partial charge in [0.25, 0.3) is 0 Å². The van der Waals surface area contributed by atoms with Crippen LogP contribution < -0.4 is 10.6 Å². The molecule has 3 rings (SSSR count). The fourth-order valence-corrected chi connectivity index (χ4v) is 3.40. The van der Waals surface area contributed by atoms with Crippen molar-refractivity contribution in [3.05, 3.63) is 65.2 Å². The molecule has 0 bridgehead atoms. The van der Waals surface area contributed by atoms with Gasteiger partial charge in [-0.2, -0.15) is 0 Å². The van der Waals surface area contributed by atoms with Crippen molar-refractivity contribution in [1.29, 1.82) is 0 Å².